The van der Waals surface area contributed by atoms with Crippen LogP contribution in [0.3, 0.4) is 0 Å². The van der Waals surface area contributed by atoms with E-state index in [4.69, 9.17) is 0 Å². The van der Waals surface area contributed by atoms with Crippen LogP contribution < -0.4 is 10.2 Å². The summed E-state index contributed by atoms with van der Waals surface area (Å²) in [7, 11) is 6.27. The molecule has 0 saturated carbocycles. The van der Waals surface area contributed by atoms with Crippen LogP contribution in [0.25, 0.3) is 0 Å². The highest BCUT2D eigenvalue weighted by atomic mass is 15.2. The summed E-state index contributed by atoms with van der Waals surface area (Å²) in [5.74, 6) is 1.04. The third-order valence-corrected chi connectivity index (χ3v) is 3.65. The fourth-order valence-electron chi connectivity index (χ4n) is 2.62. The molecular formula is C13H23N5. The normalized spacial score (nSPS) is 20.3. The summed E-state index contributed by atoms with van der Waals surface area (Å²) in [5.41, 5.74) is 1.16. The molecule has 2 heterocycles. The van der Waals surface area contributed by atoms with E-state index in [0.29, 0.717) is 6.04 Å². The predicted molar refractivity (Wildman–Crippen MR) is 73.7 cm³/mol. The highest BCUT2D eigenvalue weighted by molar-refractivity contribution is 5.44. The Morgan fingerprint density at radius 1 is 1.56 bits per heavy atom. The number of aromatic nitrogens is 2. The topological polar surface area (TPSA) is 44.3 Å². The molecule has 5 nitrogen and oxygen atoms in total. The highest BCUT2D eigenvalue weighted by Crippen LogP contribution is 2.20. The second-order valence-electron chi connectivity index (χ2n) is 5.06. The fraction of sp³-hybridized carbons (Fsp3) is 0.692. The molecule has 1 atom stereocenters. The second-order valence-corrected chi connectivity index (χ2v) is 5.06. The van der Waals surface area contributed by atoms with Gasteiger partial charge in [-0.05, 0) is 33.5 Å². The standard InChI is InChI=1S/C13H23N5/c1-14-7-11-8-15-10-16-13(11)18(3)9-12-5-4-6-17(12)2/h8,10,12,14H,4-7,9H2,1-3H3. The van der Waals surface area contributed by atoms with E-state index in [-0.39, 0.29) is 0 Å². The zero-order valence-corrected chi connectivity index (χ0v) is 11.6. The van der Waals surface area contributed by atoms with Gasteiger partial charge in [-0.2, -0.15) is 0 Å². The first-order chi connectivity index (χ1) is 8.72. The van der Waals surface area contributed by atoms with E-state index in [1.54, 1.807) is 6.33 Å². The summed E-state index contributed by atoms with van der Waals surface area (Å²) in [6, 6.07) is 0.646. The van der Waals surface area contributed by atoms with Crippen LogP contribution in [0.15, 0.2) is 12.5 Å². The lowest BCUT2D eigenvalue weighted by molar-refractivity contribution is 0.314. The van der Waals surface area contributed by atoms with Crippen molar-refractivity contribution >= 4 is 5.82 Å². The zero-order valence-electron chi connectivity index (χ0n) is 11.6. The third kappa shape index (κ3) is 2.97. The van der Waals surface area contributed by atoms with Crippen LogP contribution in [-0.2, 0) is 6.54 Å². The van der Waals surface area contributed by atoms with E-state index < -0.39 is 0 Å². The monoisotopic (exact) mass is 249 g/mol. The van der Waals surface area contributed by atoms with Crippen LogP contribution in [0.1, 0.15) is 18.4 Å². The Bertz CT molecular complexity index is 381. The molecule has 1 aliphatic rings. The minimum Gasteiger partial charge on any atom is -0.358 e. The van der Waals surface area contributed by atoms with Crippen LogP contribution in [0.4, 0.5) is 5.82 Å². The van der Waals surface area contributed by atoms with Gasteiger partial charge in [0.25, 0.3) is 0 Å². The minimum atomic E-state index is 0.646. The molecule has 1 N–H and O–H groups in total. The molecule has 0 amide bonds. The van der Waals surface area contributed by atoms with E-state index in [9.17, 15) is 0 Å². The molecule has 1 unspecified atom stereocenters. The van der Waals surface area contributed by atoms with E-state index in [1.165, 1.54) is 19.4 Å². The number of nitrogens with one attached hydrogen (secondary N) is 1. The van der Waals surface area contributed by atoms with Crippen molar-refractivity contribution in [1.82, 2.24) is 20.2 Å². The molecule has 0 aliphatic carbocycles. The molecule has 1 aromatic heterocycles. The Morgan fingerprint density at radius 3 is 3.06 bits per heavy atom. The highest BCUT2D eigenvalue weighted by Gasteiger charge is 2.23. The average Bonchev–Trinajstić information content (AvgIpc) is 2.76. The number of anilines is 1. The van der Waals surface area contributed by atoms with E-state index >= 15 is 0 Å². The van der Waals surface area contributed by atoms with Crippen molar-refractivity contribution in [2.75, 3.05) is 39.1 Å². The first-order valence-corrected chi connectivity index (χ1v) is 6.57. The van der Waals surface area contributed by atoms with Crippen molar-refractivity contribution in [2.45, 2.75) is 25.4 Å². The largest absolute Gasteiger partial charge is 0.358 e. The summed E-state index contributed by atoms with van der Waals surface area (Å²) in [6.45, 7) is 3.05. The van der Waals surface area contributed by atoms with Gasteiger partial charge in [-0.1, -0.05) is 0 Å². The van der Waals surface area contributed by atoms with Gasteiger partial charge in [0, 0.05) is 37.9 Å². The van der Waals surface area contributed by atoms with E-state index in [2.05, 4.69) is 39.2 Å². The Balaban J connectivity index is 2.05. The molecule has 0 bridgehead atoms. The summed E-state index contributed by atoms with van der Waals surface area (Å²) >= 11 is 0. The number of rotatable bonds is 5. The minimum absolute atomic E-state index is 0.646. The average molecular weight is 249 g/mol. The van der Waals surface area contributed by atoms with Gasteiger partial charge in [0.05, 0.1) is 0 Å². The Morgan fingerprint density at radius 2 is 2.39 bits per heavy atom. The zero-order chi connectivity index (χ0) is 13.0. The van der Waals surface area contributed by atoms with Crippen molar-refractivity contribution in [3.63, 3.8) is 0 Å². The molecule has 100 valence electrons. The molecular weight excluding hydrogens is 226 g/mol. The Kier molecular flexibility index (Phi) is 4.49. The molecule has 2 rings (SSSR count). The van der Waals surface area contributed by atoms with Gasteiger partial charge in [-0.15, -0.1) is 0 Å². The van der Waals surface area contributed by atoms with E-state index in [1.807, 2.05) is 13.2 Å². The number of hydrogen-bond acceptors (Lipinski definition) is 5. The van der Waals surface area contributed by atoms with Gasteiger partial charge in [0.2, 0.25) is 0 Å². The molecule has 5 heteroatoms. The summed E-state index contributed by atoms with van der Waals surface area (Å²) in [4.78, 5) is 13.2. The Labute approximate surface area is 109 Å². The maximum Gasteiger partial charge on any atom is 0.136 e. The van der Waals surface area contributed by atoms with Crippen LogP contribution in [-0.4, -0.2) is 55.1 Å². The second kappa shape index (κ2) is 6.11. The maximum atomic E-state index is 4.42. The maximum absolute atomic E-state index is 4.42. The Hall–Kier alpha value is -1.20. The number of hydrogen-bond donors (Lipinski definition) is 1. The summed E-state index contributed by atoms with van der Waals surface area (Å²) in [6.07, 6.45) is 6.12. The molecule has 1 aliphatic heterocycles. The molecule has 1 fully saturated rings. The van der Waals surface area contributed by atoms with Gasteiger partial charge in [-0.25, -0.2) is 9.97 Å². The molecule has 1 aromatic rings. The smallest absolute Gasteiger partial charge is 0.136 e. The first-order valence-electron chi connectivity index (χ1n) is 6.57. The summed E-state index contributed by atoms with van der Waals surface area (Å²) in [5, 5.41) is 3.16. The van der Waals surface area contributed by atoms with Gasteiger partial charge in [0.1, 0.15) is 12.1 Å². The van der Waals surface area contributed by atoms with Crippen molar-refractivity contribution in [3.8, 4) is 0 Å². The lowest BCUT2D eigenvalue weighted by atomic mass is 10.2. The predicted octanol–water partition coefficient (Wildman–Crippen LogP) is 0.726. The molecule has 0 radical (unpaired) electrons. The molecule has 1 saturated heterocycles. The van der Waals surface area contributed by atoms with Crippen LogP contribution in [0.2, 0.25) is 0 Å². The van der Waals surface area contributed by atoms with E-state index in [0.717, 1.165) is 24.5 Å². The number of nitrogens with zero attached hydrogens (tertiary/aromatic N) is 4. The van der Waals surface area contributed by atoms with Crippen LogP contribution in [0.5, 0.6) is 0 Å². The van der Waals surface area contributed by atoms with Gasteiger partial charge in [0.15, 0.2) is 0 Å². The molecule has 0 aromatic carbocycles. The van der Waals surface area contributed by atoms with Gasteiger partial charge >= 0.3 is 0 Å². The number of likely N-dealkylation sites (N-methyl/N-ethyl adjacent to an activating group) is 2. The molecule has 18 heavy (non-hydrogen) atoms. The first kappa shape index (κ1) is 13.2. The van der Waals surface area contributed by atoms with Crippen molar-refractivity contribution < 1.29 is 0 Å². The number of likely N-dealkylation sites (tertiary alicyclic amines) is 1. The fourth-order valence-corrected chi connectivity index (χ4v) is 2.62. The lowest BCUT2D eigenvalue weighted by Crippen LogP contribution is -2.37. The SMILES string of the molecule is CNCc1cncnc1N(C)CC1CCCN1C. The third-order valence-electron chi connectivity index (χ3n) is 3.65. The van der Waals surface area contributed by atoms with Crippen molar-refractivity contribution in [1.29, 1.82) is 0 Å². The van der Waals surface area contributed by atoms with Gasteiger partial charge in [-0.3, -0.25) is 0 Å². The lowest BCUT2D eigenvalue weighted by Gasteiger charge is -2.27. The summed E-state index contributed by atoms with van der Waals surface area (Å²) < 4.78 is 0. The van der Waals surface area contributed by atoms with Crippen LogP contribution >= 0.6 is 0 Å². The van der Waals surface area contributed by atoms with Crippen molar-refractivity contribution in [2.24, 2.45) is 0 Å². The van der Waals surface area contributed by atoms with Gasteiger partial charge < -0.3 is 15.1 Å². The van der Waals surface area contributed by atoms with Crippen LogP contribution in [0, 0.1) is 0 Å². The quantitative estimate of drug-likeness (QED) is 0.833. The van der Waals surface area contributed by atoms with Crippen molar-refractivity contribution in [3.05, 3.63) is 18.1 Å². The molecule has 0 spiro atoms.